The van der Waals surface area contributed by atoms with Crippen molar-refractivity contribution in [2.75, 3.05) is 19.7 Å². The van der Waals surface area contributed by atoms with Crippen LogP contribution in [0.15, 0.2) is 54.9 Å². The Balaban J connectivity index is 1.55. The molecule has 0 unspecified atom stereocenters. The molecule has 4 rings (SSSR count). The first kappa shape index (κ1) is 21.4. The number of ether oxygens (including phenoxy) is 1. The second kappa shape index (κ2) is 9.98. The summed E-state index contributed by atoms with van der Waals surface area (Å²) in [6.45, 7) is 5.19. The fourth-order valence-corrected chi connectivity index (χ4v) is 4.17. The first-order valence-electron chi connectivity index (χ1n) is 10.7. The van der Waals surface area contributed by atoms with E-state index in [0.717, 1.165) is 37.3 Å². The molecule has 0 saturated carbocycles. The van der Waals surface area contributed by atoms with Crippen LogP contribution >= 0.6 is 12.2 Å². The number of nitrogens with zero attached hydrogens (tertiary/aromatic N) is 5. The lowest BCUT2D eigenvalue weighted by atomic mass is 9.97. The number of esters is 1. The number of hydrogen-bond donors (Lipinski definition) is 0. The first-order chi connectivity index (χ1) is 15.2. The standard InChI is InChI=1S/C23H27N5O2S/c1-2-30-22(29)20-10-14-26(15-11-20)17-28-23(31)27(16-18-6-4-3-5-7-18)21(25-28)19-8-12-24-13-9-19/h3-9,12-13,20H,2,10-11,14-17H2,1H3. The molecule has 1 aliphatic rings. The zero-order valence-corrected chi connectivity index (χ0v) is 18.5. The molecule has 0 radical (unpaired) electrons. The Morgan fingerprint density at radius 1 is 1.13 bits per heavy atom. The smallest absolute Gasteiger partial charge is 0.309 e. The van der Waals surface area contributed by atoms with E-state index >= 15 is 0 Å². The van der Waals surface area contributed by atoms with Gasteiger partial charge in [0.25, 0.3) is 0 Å². The van der Waals surface area contributed by atoms with Crippen molar-refractivity contribution in [2.24, 2.45) is 5.92 Å². The summed E-state index contributed by atoms with van der Waals surface area (Å²) in [5.74, 6) is 0.746. The lowest BCUT2D eigenvalue weighted by molar-refractivity contribution is -0.149. The Bertz CT molecular complexity index is 1060. The summed E-state index contributed by atoms with van der Waals surface area (Å²) < 4.78 is 9.82. The van der Waals surface area contributed by atoms with Crippen molar-refractivity contribution in [2.45, 2.75) is 33.0 Å². The van der Waals surface area contributed by atoms with Crippen LogP contribution in [0.1, 0.15) is 25.3 Å². The third-order valence-electron chi connectivity index (χ3n) is 5.59. The van der Waals surface area contributed by atoms with Crippen LogP contribution in [0.5, 0.6) is 0 Å². The highest BCUT2D eigenvalue weighted by Crippen LogP contribution is 2.22. The summed E-state index contributed by atoms with van der Waals surface area (Å²) in [6.07, 6.45) is 5.14. The van der Waals surface area contributed by atoms with E-state index in [0.29, 0.717) is 24.6 Å². The van der Waals surface area contributed by atoms with E-state index in [1.807, 2.05) is 41.9 Å². The van der Waals surface area contributed by atoms with E-state index in [1.165, 1.54) is 5.56 Å². The summed E-state index contributed by atoms with van der Waals surface area (Å²) in [6, 6.07) is 14.2. The third-order valence-corrected chi connectivity index (χ3v) is 6.02. The number of pyridine rings is 1. The summed E-state index contributed by atoms with van der Waals surface area (Å²) in [5.41, 5.74) is 2.15. The predicted octanol–water partition coefficient (Wildman–Crippen LogP) is 3.76. The Morgan fingerprint density at radius 2 is 1.84 bits per heavy atom. The maximum atomic E-state index is 12.0. The van der Waals surface area contributed by atoms with Gasteiger partial charge in [0.05, 0.1) is 25.7 Å². The molecular formula is C23H27N5O2S. The fraction of sp³-hybridized carbons (Fsp3) is 0.391. The second-order valence-corrected chi connectivity index (χ2v) is 8.06. The lowest BCUT2D eigenvalue weighted by Gasteiger charge is -2.30. The van der Waals surface area contributed by atoms with Crippen molar-refractivity contribution < 1.29 is 9.53 Å². The highest BCUT2D eigenvalue weighted by molar-refractivity contribution is 7.71. The number of likely N-dealkylation sites (tertiary alicyclic amines) is 1. The zero-order chi connectivity index (χ0) is 21.6. The molecule has 3 aromatic rings. The van der Waals surface area contributed by atoms with Gasteiger partial charge in [-0.15, -0.1) is 0 Å². The fourth-order valence-electron chi connectivity index (χ4n) is 3.92. The molecule has 31 heavy (non-hydrogen) atoms. The van der Waals surface area contributed by atoms with Crippen molar-refractivity contribution in [1.82, 2.24) is 24.2 Å². The van der Waals surface area contributed by atoms with Crippen LogP contribution in [0.3, 0.4) is 0 Å². The van der Waals surface area contributed by atoms with Gasteiger partial charge in [0.1, 0.15) is 0 Å². The van der Waals surface area contributed by atoms with Gasteiger partial charge in [0, 0.05) is 31.0 Å². The van der Waals surface area contributed by atoms with Crippen LogP contribution in [0.4, 0.5) is 0 Å². The van der Waals surface area contributed by atoms with Gasteiger partial charge < -0.3 is 4.74 Å². The molecule has 1 aromatic carbocycles. The number of aromatic nitrogens is 4. The lowest BCUT2D eigenvalue weighted by Crippen LogP contribution is -2.38. The van der Waals surface area contributed by atoms with Crippen molar-refractivity contribution in [3.8, 4) is 11.4 Å². The molecule has 8 heteroatoms. The van der Waals surface area contributed by atoms with Crippen LogP contribution in [-0.2, 0) is 22.7 Å². The topological polar surface area (TPSA) is 65.2 Å². The molecule has 3 heterocycles. The molecule has 0 atom stereocenters. The SMILES string of the molecule is CCOC(=O)C1CCN(Cn2nc(-c3ccncc3)n(Cc3ccccc3)c2=S)CC1. The van der Waals surface area contributed by atoms with Gasteiger partial charge >= 0.3 is 5.97 Å². The summed E-state index contributed by atoms with van der Waals surface area (Å²) in [5, 5.41) is 4.87. The van der Waals surface area contributed by atoms with Crippen LogP contribution < -0.4 is 0 Å². The van der Waals surface area contributed by atoms with Gasteiger partial charge in [-0.3, -0.25) is 19.2 Å². The largest absolute Gasteiger partial charge is 0.466 e. The van der Waals surface area contributed by atoms with Crippen molar-refractivity contribution in [1.29, 1.82) is 0 Å². The van der Waals surface area contributed by atoms with E-state index in [1.54, 1.807) is 12.4 Å². The van der Waals surface area contributed by atoms with Crippen molar-refractivity contribution >= 4 is 18.2 Å². The van der Waals surface area contributed by atoms with Gasteiger partial charge in [-0.25, -0.2) is 4.68 Å². The minimum Gasteiger partial charge on any atom is -0.466 e. The zero-order valence-electron chi connectivity index (χ0n) is 17.7. The van der Waals surface area contributed by atoms with Crippen LogP contribution in [-0.4, -0.2) is 49.9 Å². The van der Waals surface area contributed by atoms with E-state index in [9.17, 15) is 4.79 Å². The predicted molar refractivity (Wildman–Crippen MR) is 121 cm³/mol. The summed E-state index contributed by atoms with van der Waals surface area (Å²) in [7, 11) is 0. The van der Waals surface area contributed by atoms with Crippen molar-refractivity contribution in [3.05, 3.63) is 65.2 Å². The van der Waals surface area contributed by atoms with Gasteiger partial charge in [-0.1, -0.05) is 30.3 Å². The van der Waals surface area contributed by atoms with E-state index in [2.05, 4.69) is 26.6 Å². The third kappa shape index (κ3) is 5.08. The van der Waals surface area contributed by atoms with Gasteiger partial charge in [-0.05, 0) is 49.7 Å². The first-order valence-corrected chi connectivity index (χ1v) is 11.1. The normalized spacial score (nSPS) is 15.1. The maximum absolute atomic E-state index is 12.0. The van der Waals surface area contributed by atoms with E-state index < -0.39 is 0 Å². The summed E-state index contributed by atoms with van der Waals surface area (Å²) in [4.78, 5) is 18.4. The highest BCUT2D eigenvalue weighted by Gasteiger charge is 2.26. The molecular weight excluding hydrogens is 410 g/mol. The molecule has 0 aliphatic carbocycles. The second-order valence-electron chi connectivity index (χ2n) is 7.70. The number of carbonyl (C=O) groups excluding carboxylic acids is 1. The molecule has 162 valence electrons. The van der Waals surface area contributed by atoms with Gasteiger partial charge in [-0.2, -0.15) is 5.10 Å². The molecule has 1 fully saturated rings. The molecule has 7 nitrogen and oxygen atoms in total. The summed E-state index contributed by atoms with van der Waals surface area (Å²) >= 11 is 5.83. The Morgan fingerprint density at radius 3 is 2.52 bits per heavy atom. The van der Waals surface area contributed by atoms with Crippen LogP contribution in [0, 0.1) is 10.7 Å². The minimum atomic E-state index is -0.0779. The molecule has 1 aliphatic heterocycles. The van der Waals surface area contributed by atoms with Crippen molar-refractivity contribution in [3.63, 3.8) is 0 Å². The van der Waals surface area contributed by atoms with Gasteiger partial charge in [0.2, 0.25) is 0 Å². The molecule has 0 bridgehead atoms. The molecule has 0 amide bonds. The minimum absolute atomic E-state index is 0.00723. The molecule has 0 N–H and O–H groups in total. The monoisotopic (exact) mass is 437 g/mol. The Hall–Kier alpha value is -2.84. The Labute approximate surface area is 187 Å². The quantitative estimate of drug-likeness (QED) is 0.414. The maximum Gasteiger partial charge on any atom is 0.309 e. The highest BCUT2D eigenvalue weighted by atomic mass is 32.1. The van der Waals surface area contributed by atoms with E-state index in [4.69, 9.17) is 22.1 Å². The number of rotatable bonds is 7. The average molecular weight is 438 g/mol. The molecule has 0 spiro atoms. The van der Waals surface area contributed by atoms with Crippen LogP contribution in [0.2, 0.25) is 0 Å². The van der Waals surface area contributed by atoms with Crippen LogP contribution in [0.25, 0.3) is 11.4 Å². The number of carbonyl (C=O) groups is 1. The molecule has 2 aromatic heterocycles. The number of hydrogen-bond acceptors (Lipinski definition) is 6. The Kier molecular flexibility index (Phi) is 6.89. The molecule has 1 saturated heterocycles. The number of piperidine rings is 1. The number of benzene rings is 1. The average Bonchev–Trinajstić information content (AvgIpc) is 3.11. The van der Waals surface area contributed by atoms with E-state index in [-0.39, 0.29) is 11.9 Å². The van der Waals surface area contributed by atoms with Gasteiger partial charge in [0.15, 0.2) is 10.6 Å².